The molecule has 2 nitrogen and oxygen atoms in total. The Bertz CT molecular complexity index is 347. The summed E-state index contributed by atoms with van der Waals surface area (Å²) in [6, 6.07) is 4.27. The Morgan fingerprint density at radius 1 is 1.20 bits per heavy atom. The Labute approximate surface area is 91.4 Å². The molecule has 0 fully saturated rings. The number of ether oxygens (including phenoxy) is 1. The molecule has 1 aliphatic carbocycles. The normalized spacial score (nSPS) is 14.8. The second kappa shape index (κ2) is 4.67. The van der Waals surface area contributed by atoms with Crippen LogP contribution in [0.15, 0.2) is 12.1 Å². The molecule has 0 unspecified atom stereocenters. The zero-order valence-corrected chi connectivity index (χ0v) is 9.38. The molecule has 2 rings (SSSR count). The number of hydrogen-bond donors (Lipinski definition) is 1. The van der Waals surface area contributed by atoms with Gasteiger partial charge in [0.15, 0.2) is 0 Å². The quantitative estimate of drug-likeness (QED) is 0.820. The van der Waals surface area contributed by atoms with E-state index in [1.807, 2.05) is 0 Å². The maximum Gasteiger partial charge on any atom is 0.122 e. The van der Waals surface area contributed by atoms with Gasteiger partial charge in [-0.3, -0.25) is 0 Å². The highest BCUT2D eigenvalue weighted by Crippen LogP contribution is 2.32. The zero-order chi connectivity index (χ0) is 10.7. The summed E-state index contributed by atoms with van der Waals surface area (Å²) in [4.78, 5) is 0. The van der Waals surface area contributed by atoms with Crippen molar-refractivity contribution < 1.29 is 4.74 Å². The summed E-state index contributed by atoms with van der Waals surface area (Å²) < 4.78 is 5.41. The van der Waals surface area contributed by atoms with E-state index in [4.69, 9.17) is 10.5 Å². The highest BCUT2D eigenvalue weighted by Gasteiger charge is 2.16. The molecule has 0 spiro atoms. The van der Waals surface area contributed by atoms with Gasteiger partial charge in [0, 0.05) is 0 Å². The molecule has 2 N–H and O–H groups in total. The van der Waals surface area contributed by atoms with Gasteiger partial charge in [-0.1, -0.05) is 6.07 Å². The van der Waals surface area contributed by atoms with Crippen LogP contribution in [-0.4, -0.2) is 13.7 Å². The molecular formula is C13H19NO. The third kappa shape index (κ3) is 2.00. The molecule has 2 heteroatoms. The van der Waals surface area contributed by atoms with Crippen LogP contribution in [0.2, 0.25) is 0 Å². The Morgan fingerprint density at radius 3 is 2.60 bits per heavy atom. The van der Waals surface area contributed by atoms with Gasteiger partial charge < -0.3 is 10.5 Å². The molecule has 1 aromatic rings. The minimum Gasteiger partial charge on any atom is -0.496 e. The van der Waals surface area contributed by atoms with Crippen molar-refractivity contribution in [3.8, 4) is 5.75 Å². The first-order valence-electron chi connectivity index (χ1n) is 5.74. The molecule has 15 heavy (non-hydrogen) atoms. The van der Waals surface area contributed by atoms with Crippen LogP contribution in [0, 0.1) is 0 Å². The summed E-state index contributed by atoms with van der Waals surface area (Å²) in [6.07, 6.45) is 5.94. The van der Waals surface area contributed by atoms with Crippen LogP contribution < -0.4 is 10.5 Å². The number of hydrogen-bond acceptors (Lipinski definition) is 2. The van der Waals surface area contributed by atoms with Gasteiger partial charge in [0.1, 0.15) is 5.75 Å². The third-order valence-electron chi connectivity index (χ3n) is 3.22. The summed E-state index contributed by atoms with van der Waals surface area (Å²) in [7, 11) is 1.76. The lowest BCUT2D eigenvalue weighted by Crippen LogP contribution is -2.11. The van der Waals surface area contributed by atoms with Crippen LogP contribution >= 0.6 is 0 Å². The Kier molecular flexibility index (Phi) is 3.27. The monoisotopic (exact) mass is 205 g/mol. The fourth-order valence-corrected chi connectivity index (χ4v) is 2.49. The molecular weight excluding hydrogens is 186 g/mol. The van der Waals surface area contributed by atoms with Crippen LogP contribution in [0.4, 0.5) is 0 Å². The lowest BCUT2D eigenvalue weighted by Gasteiger charge is -2.21. The highest BCUT2D eigenvalue weighted by atomic mass is 16.5. The van der Waals surface area contributed by atoms with Crippen LogP contribution in [-0.2, 0) is 19.3 Å². The van der Waals surface area contributed by atoms with Crippen molar-refractivity contribution >= 4 is 0 Å². The number of fused-ring (bicyclic) bond motifs is 1. The summed E-state index contributed by atoms with van der Waals surface area (Å²) in [5, 5.41) is 0. The molecule has 1 aliphatic rings. The molecule has 0 aromatic heterocycles. The number of nitrogens with two attached hydrogens (primary N) is 1. The maximum absolute atomic E-state index is 5.63. The molecule has 0 radical (unpaired) electrons. The second-order valence-electron chi connectivity index (χ2n) is 4.13. The molecule has 0 aliphatic heterocycles. The average Bonchev–Trinajstić information content (AvgIpc) is 2.30. The molecule has 0 bridgehead atoms. The fourth-order valence-electron chi connectivity index (χ4n) is 2.49. The second-order valence-corrected chi connectivity index (χ2v) is 4.13. The van der Waals surface area contributed by atoms with Crippen molar-refractivity contribution in [2.24, 2.45) is 5.73 Å². The van der Waals surface area contributed by atoms with Gasteiger partial charge in [0.25, 0.3) is 0 Å². The molecule has 0 saturated carbocycles. The number of rotatable bonds is 3. The third-order valence-corrected chi connectivity index (χ3v) is 3.22. The van der Waals surface area contributed by atoms with Gasteiger partial charge in [0.2, 0.25) is 0 Å². The van der Waals surface area contributed by atoms with E-state index in [1.54, 1.807) is 7.11 Å². The predicted octanol–water partition coefficient (Wildman–Crippen LogP) is 2.08. The predicted molar refractivity (Wildman–Crippen MR) is 62.4 cm³/mol. The Hall–Kier alpha value is -1.02. The average molecular weight is 205 g/mol. The molecule has 82 valence electrons. The largest absolute Gasteiger partial charge is 0.496 e. The topological polar surface area (TPSA) is 35.2 Å². The summed E-state index contributed by atoms with van der Waals surface area (Å²) in [5.74, 6) is 1.06. The van der Waals surface area contributed by atoms with Gasteiger partial charge in [-0.05, 0) is 61.4 Å². The minimum atomic E-state index is 0.735. The van der Waals surface area contributed by atoms with Crippen molar-refractivity contribution in [3.05, 3.63) is 28.8 Å². The van der Waals surface area contributed by atoms with Crippen molar-refractivity contribution in [3.63, 3.8) is 0 Å². The lowest BCUT2D eigenvalue weighted by molar-refractivity contribution is 0.406. The first kappa shape index (κ1) is 10.5. The summed E-state index contributed by atoms with van der Waals surface area (Å²) in [5.41, 5.74) is 9.99. The van der Waals surface area contributed by atoms with Crippen molar-refractivity contribution in [1.82, 2.24) is 0 Å². The van der Waals surface area contributed by atoms with Gasteiger partial charge in [-0.2, -0.15) is 0 Å². The highest BCUT2D eigenvalue weighted by molar-refractivity contribution is 5.46. The molecule has 0 heterocycles. The van der Waals surface area contributed by atoms with Crippen molar-refractivity contribution in [1.29, 1.82) is 0 Å². The van der Waals surface area contributed by atoms with E-state index in [1.165, 1.54) is 36.0 Å². The Balaban J connectivity index is 2.42. The van der Waals surface area contributed by atoms with Gasteiger partial charge in [-0.25, -0.2) is 0 Å². The van der Waals surface area contributed by atoms with Crippen LogP contribution in [0.3, 0.4) is 0 Å². The fraction of sp³-hybridized carbons (Fsp3) is 0.538. The van der Waals surface area contributed by atoms with Gasteiger partial charge >= 0.3 is 0 Å². The van der Waals surface area contributed by atoms with E-state index in [2.05, 4.69) is 12.1 Å². The van der Waals surface area contributed by atoms with Crippen molar-refractivity contribution in [2.75, 3.05) is 13.7 Å². The van der Waals surface area contributed by atoms with Crippen molar-refractivity contribution in [2.45, 2.75) is 32.1 Å². The van der Waals surface area contributed by atoms with E-state index < -0.39 is 0 Å². The van der Waals surface area contributed by atoms with Crippen LogP contribution in [0.1, 0.15) is 29.5 Å². The number of benzene rings is 1. The summed E-state index contributed by atoms with van der Waals surface area (Å²) >= 11 is 0. The van der Waals surface area contributed by atoms with E-state index in [-0.39, 0.29) is 0 Å². The first-order valence-corrected chi connectivity index (χ1v) is 5.74. The SMILES string of the molecule is COc1ccc(CCN)c2c1CCCC2. The molecule has 0 amide bonds. The smallest absolute Gasteiger partial charge is 0.122 e. The number of methoxy groups -OCH3 is 1. The van der Waals surface area contributed by atoms with Crippen LogP contribution in [0.5, 0.6) is 5.75 Å². The molecule has 0 atom stereocenters. The standard InChI is InChI=1S/C13H19NO/c1-15-13-7-6-10(8-9-14)11-4-2-3-5-12(11)13/h6-7H,2-5,8-9,14H2,1H3. The van der Waals surface area contributed by atoms with E-state index >= 15 is 0 Å². The van der Waals surface area contributed by atoms with E-state index in [0.29, 0.717) is 0 Å². The Morgan fingerprint density at radius 2 is 1.93 bits per heavy atom. The zero-order valence-electron chi connectivity index (χ0n) is 9.38. The van der Waals surface area contributed by atoms with Gasteiger partial charge in [0.05, 0.1) is 7.11 Å². The first-order chi connectivity index (χ1) is 7.36. The minimum absolute atomic E-state index is 0.735. The maximum atomic E-state index is 5.63. The molecule has 0 saturated heterocycles. The van der Waals surface area contributed by atoms with Gasteiger partial charge in [-0.15, -0.1) is 0 Å². The molecule has 1 aromatic carbocycles. The van der Waals surface area contributed by atoms with E-state index in [0.717, 1.165) is 25.1 Å². The lowest BCUT2D eigenvalue weighted by atomic mass is 9.86. The van der Waals surface area contributed by atoms with E-state index in [9.17, 15) is 0 Å². The summed E-state index contributed by atoms with van der Waals surface area (Å²) in [6.45, 7) is 0.735. The van der Waals surface area contributed by atoms with Crippen LogP contribution in [0.25, 0.3) is 0 Å².